The zero-order valence-corrected chi connectivity index (χ0v) is 13.3. The van der Waals surface area contributed by atoms with E-state index in [1.165, 1.54) is 10.5 Å². The summed E-state index contributed by atoms with van der Waals surface area (Å²) in [6.07, 6.45) is 1.09. The third kappa shape index (κ3) is 3.51. The van der Waals surface area contributed by atoms with Crippen molar-refractivity contribution in [1.29, 1.82) is 0 Å². The van der Waals surface area contributed by atoms with Crippen molar-refractivity contribution in [2.75, 3.05) is 11.9 Å². The number of aromatic nitrogens is 2. The molecule has 0 saturated heterocycles. The first-order valence-corrected chi connectivity index (χ1v) is 7.76. The highest BCUT2D eigenvalue weighted by Gasteiger charge is 2.11. The van der Waals surface area contributed by atoms with Gasteiger partial charge in [-0.1, -0.05) is 36.9 Å². The predicted octanol–water partition coefficient (Wildman–Crippen LogP) is 4.37. The molecule has 2 aromatic rings. The lowest BCUT2D eigenvalue weighted by Crippen LogP contribution is -2.07. The molecule has 0 radical (unpaired) electrons. The Morgan fingerprint density at radius 2 is 1.85 bits per heavy atom. The zero-order valence-electron chi connectivity index (χ0n) is 12.5. The molecule has 2 rings (SSSR count). The van der Waals surface area contributed by atoms with Crippen molar-refractivity contribution < 1.29 is 0 Å². The minimum absolute atomic E-state index is 0.810. The Bertz CT molecular complexity index is 596. The van der Waals surface area contributed by atoms with Crippen LogP contribution in [0.25, 0.3) is 0 Å². The van der Waals surface area contributed by atoms with E-state index in [1.807, 2.05) is 6.92 Å². The lowest BCUT2D eigenvalue weighted by Gasteiger charge is -2.13. The molecule has 1 N–H and O–H groups in total. The first kappa shape index (κ1) is 14.9. The highest BCUT2D eigenvalue weighted by atomic mass is 32.2. The maximum absolute atomic E-state index is 4.59. The normalized spacial score (nSPS) is 10.6. The van der Waals surface area contributed by atoms with Gasteiger partial charge in [0.05, 0.1) is 0 Å². The monoisotopic (exact) mass is 287 g/mol. The summed E-state index contributed by atoms with van der Waals surface area (Å²) < 4.78 is 0. The Morgan fingerprint density at radius 3 is 2.55 bits per heavy atom. The second kappa shape index (κ2) is 6.75. The van der Waals surface area contributed by atoms with Crippen LogP contribution in [0.2, 0.25) is 0 Å². The summed E-state index contributed by atoms with van der Waals surface area (Å²) in [7, 11) is 0. The van der Waals surface area contributed by atoms with E-state index < -0.39 is 0 Å². The molecule has 0 atom stereocenters. The fourth-order valence-corrected chi connectivity index (χ4v) is 2.90. The molecule has 1 aromatic carbocycles. The van der Waals surface area contributed by atoms with Gasteiger partial charge in [-0.25, -0.2) is 9.97 Å². The fourth-order valence-electron chi connectivity index (χ4n) is 1.89. The smallest absolute Gasteiger partial charge is 0.133 e. The van der Waals surface area contributed by atoms with Crippen LogP contribution >= 0.6 is 11.8 Å². The maximum Gasteiger partial charge on any atom is 0.133 e. The van der Waals surface area contributed by atoms with Crippen molar-refractivity contribution >= 4 is 17.6 Å². The number of hydrogen-bond acceptors (Lipinski definition) is 4. The molecule has 0 aliphatic rings. The molecule has 106 valence electrons. The number of anilines is 1. The van der Waals surface area contributed by atoms with Crippen LogP contribution in [0.15, 0.2) is 34.2 Å². The van der Waals surface area contributed by atoms with Crippen molar-refractivity contribution in [2.24, 2.45) is 0 Å². The van der Waals surface area contributed by atoms with Crippen LogP contribution in [0.3, 0.4) is 0 Å². The molecule has 0 fully saturated rings. The average Bonchev–Trinajstić information content (AvgIpc) is 2.43. The van der Waals surface area contributed by atoms with E-state index in [4.69, 9.17) is 0 Å². The van der Waals surface area contributed by atoms with Gasteiger partial charge in [0, 0.05) is 17.0 Å². The van der Waals surface area contributed by atoms with Gasteiger partial charge in [0.1, 0.15) is 16.7 Å². The predicted molar refractivity (Wildman–Crippen MR) is 85.6 cm³/mol. The van der Waals surface area contributed by atoms with Gasteiger partial charge in [0.15, 0.2) is 0 Å². The summed E-state index contributed by atoms with van der Waals surface area (Å²) in [6, 6.07) is 8.39. The first-order chi connectivity index (χ1) is 9.61. The van der Waals surface area contributed by atoms with E-state index in [1.54, 1.807) is 11.8 Å². The molecule has 1 aromatic heterocycles. The van der Waals surface area contributed by atoms with Gasteiger partial charge < -0.3 is 5.32 Å². The first-order valence-electron chi connectivity index (χ1n) is 6.94. The van der Waals surface area contributed by atoms with Gasteiger partial charge in [0.2, 0.25) is 0 Å². The molecule has 0 saturated carbocycles. The lowest BCUT2D eigenvalue weighted by atomic mass is 10.2. The summed E-state index contributed by atoms with van der Waals surface area (Å²) in [5.74, 6) is 1.76. The molecule has 0 aliphatic heterocycles. The minimum atomic E-state index is 0.810. The van der Waals surface area contributed by atoms with Crippen LogP contribution < -0.4 is 5.32 Å². The maximum atomic E-state index is 4.59. The molecule has 3 nitrogen and oxygen atoms in total. The number of nitrogens with zero attached hydrogens (tertiary/aromatic N) is 2. The van der Waals surface area contributed by atoms with Crippen LogP contribution in [-0.2, 0) is 0 Å². The molecule has 20 heavy (non-hydrogen) atoms. The van der Waals surface area contributed by atoms with Gasteiger partial charge in [-0.15, -0.1) is 0 Å². The van der Waals surface area contributed by atoms with E-state index in [9.17, 15) is 0 Å². The quantitative estimate of drug-likeness (QED) is 0.828. The van der Waals surface area contributed by atoms with Gasteiger partial charge in [0.25, 0.3) is 0 Å². The summed E-state index contributed by atoms with van der Waals surface area (Å²) >= 11 is 1.71. The molecule has 0 amide bonds. The summed E-state index contributed by atoms with van der Waals surface area (Å²) in [6.45, 7) is 9.24. The second-order valence-electron chi connectivity index (χ2n) is 4.84. The number of aryl methyl sites for hydroxylation is 2. The van der Waals surface area contributed by atoms with Gasteiger partial charge in [-0.2, -0.15) is 0 Å². The zero-order chi connectivity index (χ0) is 14.5. The van der Waals surface area contributed by atoms with Crippen LogP contribution in [0.5, 0.6) is 0 Å². The molecule has 0 aliphatic carbocycles. The van der Waals surface area contributed by atoms with Crippen LogP contribution in [0.1, 0.15) is 30.3 Å². The molecule has 4 heteroatoms. The Labute approximate surface area is 125 Å². The highest BCUT2D eigenvalue weighted by Crippen LogP contribution is 2.32. The SMILES string of the molecule is CCCNc1nc(C)nc(Sc2ccccc2C)c1C. The number of rotatable bonds is 5. The van der Waals surface area contributed by atoms with Crippen molar-refractivity contribution in [3.8, 4) is 0 Å². The summed E-state index contributed by atoms with van der Waals surface area (Å²) in [5, 5.41) is 4.41. The number of nitrogens with one attached hydrogen (secondary N) is 1. The van der Waals surface area contributed by atoms with Crippen molar-refractivity contribution in [1.82, 2.24) is 9.97 Å². The Kier molecular flexibility index (Phi) is 5.01. The van der Waals surface area contributed by atoms with Gasteiger partial charge in [-0.05, 0) is 38.8 Å². The molecule has 0 bridgehead atoms. The third-order valence-corrected chi connectivity index (χ3v) is 4.32. The molecule has 0 spiro atoms. The van der Waals surface area contributed by atoms with E-state index in [0.717, 1.165) is 35.2 Å². The number of benzene rings is 1. The van der Waals surface area contributed by atoms with Crippen molar-refractivity contribution in [3.63, 3.8) is 0 Å². The average molecular weight is 287 g/mol. The fraction of sp³-hybridized carbons (Fsp3) is 0.375. The molecular weight excluding hydrogens is 266 g/mol. The second-order valence-corrected chi connectivity index (χ2v) is 5.87. The Hall–Kier alpha value is -1.55. The highest BCUT2D eigenvalue weighted by molar-refractivity contribution is 7.99. The standard InChI is InChI=1S/C16H21N3S/c1-5-10-17-15-12(3)16(19-13(4)18-15)20-14-9-7-6-8-11(14)2/h6-9H,5,10H2,1-4H3,(H,17,18,19). The number of hydrogen-bond donors (Lipinski definition) is 1. The van der Waals surface area contributed by atoms with Crippen LogP contribution in [-0.4, -0.2) is 16.5 Å². The van der Waals surface area contributed by atoms with E-state index in [2.05, 4.69) is 60.3 Å². The van der Waals surface area contributed by atoms with E-state index >= 15 is 0 Å². The molecular formula is C16H21N3S. The van der Waals surface area contributed by atoms with Crippen LogP contribution in [0, 0.1) is 20.8 Å². The summed E-state index contributed by atoms with van der Waals surface area (Å²) in [5.41, 5.74) is 2.40. The van der Waals surface area contributed by atoms with Crippen LogP contribution in [0.4, 0.5) is 5.82 Å². The Morgan fingerprint density at radius 1 is 1.10 bits per heavy atom. The topological polar surface area (TPSA) is 37.8 Å². The molecule has 1 heterocycles. The Balaban J connectivity index is 2.32. The largest absolute Gasteiger partial charge is 0.370 e. The van der Waals surface area contributed by atoms with E-state index in [-0.39, 0.29) is 0 Å². The summed E-state index contributed by atoms with van der Waals surface area (Å²) in [4.78, 5) is 10.3. The lowest BCUT2D eigenvalue weighted by molar-refractivity contribution is 0.908. The minimum Gasteiger partial charge on any atom is -0.370 e. The van der Waals surface area contributed by atoms with Crippen molar-refractivity contribution in [2.45, 2.75) is 44.0 Å². The van der Waals surface area contributed by atoms with Gasteiger partial charge in [-0.3, -0.25) is 0 Å². The van der Waals surface area contributed by atoms with E-state index in [0.29, 0.717) is 0 Å². The van der Waals surface area contributed by atoms with Crippen molar-refractivity contribution in [3.05, 3.63) is 41.2 Å². The third-order valence-electron chi connectivity index (χ3n) is 3.06. The van der Waals surface area contributed by atoms with Gasteiger partial charge >= 0.3 is 0 Å². The molecule has 0 unspecified atom stereocenters.